The summed E-state index contributed by atoms with van der Waals surface area (Å²) in [6.45, 7) is 0.455. The second-order valence-electron chi connectivity index (χ2n) is 6.15. The van der Waals surface area contributed by atoms with Crippen molar-refractivity contribution in [3.63, 3.8) is 0 Å². The third-order valence-corrected chi connectivity index (χ3v) is 4.74. The molecule has 140 valence electrons. The molecule has 0 radical (unpaired) electrons. The quantitative estimate of drug-likeness (QED) is 0.419. The first kappa shape index (κ1) is 18.3. The van der Waals surface area contributed by atoms with Crippen LogP contribution in [-0.4, -0.2) is 17.1 Å². The molecule has 1 aromatic heterocycles. The highest BCUT2D eigenvalue weighted by Gasteiger charge is 2.12. The monoisotopic (exact) mass is 435 g/mol. The maximum Gasteiger partial charge on any atom is 0.163 e. The molecule has 0 saturated heterocycles. The van der Waals surface area contributed by atoms with Crippen LogP contribution in [0, 0.1) is 0 Å². The molecule has 6 heteroatoms. The Labute approximate surface area is 171 Å². The lowest BCUT2D eigenvalue weighted by molar-refractivity contribution is 0.285. The predicted octanol–water partition coefficient (Wildman–Crippen LogP) is 5.72. The Balaban J connectivity index is 1.66. The average Bonchev–Trinajstić information content (AvgIpc) is 2.72. The van der Waals surface area contributed by atoms with Crippen LogP contribution in [0.3, 0.4) is 0 Å². The van der Waals surface area contributed by atoms with E-state index in [1.54, 1.807) is 7.11 Å². The van der Waals surface area contributed by atoms with Crippen molar-refractivity contribution in [3.8, 4) is 11.5 Å². The van der Waals surface area contributed by atoms with Gasteiger partial charge in [0.2, 0.25) is 0 Å². The maximum absolute atomic E-state index is 5.98. The zero-order valence-corrected chi connectivity index (χ0v) is 16.8. The number of hydrogen-bond acceptors (Lipinski definition) is 5. The minimum atomic E-state index is 0.455. The van der Waals surface area contributed by atoms with Gasteiger partial charge in [0.05, 0.1) is 12.6 Å². The van der Waals surface area contributed by atoms with Gasteiger partial charge in [0, 0.05) is 21.6 Å². The molecule has 1 N–H and O–H groups in total. The van der Waals surface area contributed by atoms with Gasteiger partial charge >= 0.3 is 0 Å². The SMILES string of the molecule is COc1cc2c(Nc3cccc(Br)c3)ncnc2cc1OCc1ccccc1. The van der Waals surface area contributed by atoms with Crippen molar-refractivity contribution in [2.45, 2.75) is 6.61 Å². The highest BCUT2D eigenvalue weighted by Crippen LogP contribution is 2.35. The Morgan fingerprint density at radius 1 is 0.929 bits per heavy atom. The van der Waals surface area contributed by atoms with Crippen LogP contribution < -0.4 is 14.8 Å². The van der Waals surface area contributed by atoms with Crippen molar-refractivity contribution >= 4 is 38.3 Å². The van der Waals surface area contributed by atoms with Crippen LogP contribution in [0.25, 0.3) is 10.9 Å². The Kier molecular flexibility index (Phi) is 5.39. The van der Waals surface area contributed by atoms with E-state index in [4.69, 9.17) is 9.47 Å². The van der Waals surface area contributed by atoms with Gasteiger partial charge in [-0.3, -0.25) is 0 Å². The number of anilines is 2. The Morgan fingerprint density at radius 2 is 1.79 bits per heavy atom. The van der Waals surface area contributed by atoms with Crippen LogP contribution in [0.5, 0.6) is 11.5 Å². The molecule has 0 aliphatic carbocycles. The molecule has 0 amide bonds. The Bertz CT molecular complexity index is 1100. The first-order valence-electron chi connectivity index (χ1n) is 8.75. The fourth-order valence-electron chi connectivity index (χ4n) is 2.87. The number of aromatic nitrogens is 2. The van der Waals surface area contributed by atoms with Gasteiger partial charge in [-0.1, -0.05) is 52.3 Å². The molecule has 3 aromatic carbocycles. The smallest absolute Gasteiger partial charge is 0.163 e. The van der Waals surface area contributed by atoms with Crippen LogP contribution in [-0.2, 0) is 6.61 Å². The predicted molar refractivity (Wildman–Crippen MR) is 114 cm³/mol. The average molecular weight is 436 g/mol. The summed E-state index contributed by atoms with van der Waals surface area (Å²) in [4.78, 5) is 8.79. The normalized spacial score (nSPS) is 10.6. The van der Waals surface area contributed by atoms with Gasteiger partial charge in [0.15, 0.2) is 11.5 Å². The Morgan fingerprint density at radius 3 is 2.57 bits per heavy atom. The van der Waals surface area contributed by atoms with E-state index >= 15 is 0 Å². The summed E-state index contributed by atoms with van der Waals surface area (Å²) >= 11 is 3.48. The number of methoxy groups -OCH3 is 1. The molecule has 4 rings (SSSR count). The third kappa shape index (κ3) is 4.07. The summed E-state index contributed by atoms with van der Waals surface area (Å²) in [5.41, 5.74) is 2.79. The van der Waals surface area contributed by atoms with E-state index in [2.05, 4.69) is 31.2 Å². The highest BCUT2D eigenvalue weighted by molar-refractivity contribution is 9.10. The largest absolute Gasteiger partial charge is 0.493 e. The number of hydrogen-bond donors (Lipinski definition) is 1. The molecule has 4 aromatic rings. The number of halogens is 1. The summed E-state index contributed by atoms with van der Waals surface area (Å²) in [6.07, 6.45) is 1.54. The number of fused-ring (bicyclic) bond motifs is 1. The second-order valence-corrected chi connectivity index (χ2v) is 7.07. The van der Waals surface area contributed by atoms with Crippen molar-refractivity contribution in [2.75, 3.05) is 12.4 Å². The van der Waals surface area contributed by atoms with E-state index in [0.717, 1.165) is 26.6 Å². The minimum absolute atomic E-state index is 0.455. The molecule has 0 saturated carbocycles. The molecule has 0 aliphatic heterocycles. The van der Waals surface area contributed by atoms with Gasteiger partial charge < -0.3 is 14.8 Å². The minimum Gasteiger partial charge on any atom is -0.493 e. The van der Waals surface area contributed by atoms with Crippen LogP contribution in [0.4, 0.5) is 11.5 Å². The fraction of sp³-hybridized carbons (Fsp3) is 0.0909. The summed E-state index contributed by atoms with van der Waals surface area (Å²) < 4.78 is 12.5. The number of ether oxygens (including phenoxy) is 2. The topological polar surface area (TPSA) is 56.3 Å². The molecule has 0 aliphatic rings. The molecule has 0 spiro atoms. The van der Waals surface area contributed by atoms with Crippen LogP contribution in [0.1, 0.15) is 5.56 Å². The number of rotatable bonds is 6. The lowest BCUT2D eigenvalue weighted by atomic mass is 10.2. The highest BCUT2D eigenvalue weighted by atomic mass is 79.9. The van der Waals surface area contributed by atoms with Gasteiger partial charge in [0.25, 0.3) is 0 Å². The first-order valence-corrected chi connectivity index (χ1v) is 9.54. The molecule has 0 unspecified atom stereocenters. The van der Waals surface area contributed by atoms with Gasteiger partial charge in [-0.05, 0) is 29.8 Å². The molecule has 1 heterocycles. The number of nitrogens with zero attached hydrogens (tertiary/aromatic N) is 2. The summed E-state index contributed by atoms with van der Waals surface area (Å²) in [5, 5.41) is 4.19. The fourth-order valence-corrected chi connectivity index (χ4v) is 3.27. The van der Waals surface area contributed by atoms with E-state index in [1.165, 1.54) is 6.33 Å². The van der Waals surface area contributed by atoms with E-state index in [0.29, 0.717) is 23.9 Å². The number of benzene rings is 3. The summed E-state index contributed by atoms with van der Waals surface area (Å²) in [7, 11) is 1.63. The second kappa shape index (κ2) is 8.27. The first-order chi connectivity index (χ1) is 13.7. The molecular weight excluding hydrogens is 418 g/mol. The lowest BCUT2D eigenvalue weighted by Gasteiger charge is -2.14. The maximum atomic E-state index is 5.98. The van der Waals surface area contributed by atoms with Gasteiger partial charge in [-0.15, -0.1) is 0 Å². The van der Waals surface area contributed by atoms with Crippen LogP contribution in [0.2, 0.25) is 0 Å². The summed E-state index contributed by atoms with van der Waals surface area (Å²) in [5.74, 6) is 1.98. The van der Waals surface area contributed by atoms with Crippen LogP contribution in [0.15, 0.2) is 77.5 Å². The number of nitrogens with one attached hydrogen (secondary N) is 1. The van der Waals surface area contributed by atoms with E-state index < -0.39 is 0 Å². The standard InChI is InChI=1S/C22H18BrN3O2/c1-27-20-11-18-19(12-21(20)28-13-15-6-3-2-4-7-15)24-14-25-22(18)26-17-9-5-8-16(23)10-17/h2-12,14H,13H2,1H3,(H,24,25,26). The molecule has 0 bridgehead atoms. The van der Waals surface area contributed by atoms with Crippen molar-refractivity contribution in [2.24, 2.45) is 0 Å². The molecule has 0 atom stereocenters. The van der Waals surface area contributed by atoms with Crippen molar-refractivity contribution in [1.82, 2.24) is 9.97 Å². The molecule has 28 heavy (non-hydrogen) atoms. The zero-order valence-electron chi connectivity index (χ0n) is 15.2. The van der Waals surface area contributed by atoms with Crippen molar-refractivity contribution in [1.29, 1.82) is 0 Å². The molecular formula is C22H18BrN3O2. The van der Waals surface area contributed by atoms with Crippen molar-refractivity contribution < 1.29 is 9.47 Å². The van der Waals surface area contributed by atoms with Gasteiger partial charge in [-0.2, -0.15) is 0 Å². The zero-order chi connectivity index (χ0) is 19.3. The van der Waals surface area contributed by atoms with Gasteiger partial charge in [-0.25, -0.2) is 9.97 Å². The van der Waals surface area contributed by atoms with E-state index in [9.17, 15) is 0 Å². The van der Waals surface area contributed by atoms with E-state index in [-0.39, 0.29) is 0 Å². The summed E-state index contributed by atoms with van der Waals surface area (Å²) in [6, 6.07) is 21.7. The van der Waals surface area contributed by atoms with Crippen molar-refractivity contribution in [3.05, 3.63) is 83.1 Å². The Hall–Kier alpha value is -3.12. The third-order valence-electron chi connectivity index (χ3n) is 4.25. The van der Waals surface area contributed by atoms with E-state index in [1.807, 2.05) is 66.7 Å². The van der Waals surface area contributed by atoms with Gasteiger partial charge in [0.1, 0.15) is 18.8 Å². The molecule has 5 nitrogen and oxygen atoms in total. The molecule has 0 fully saturated rings. The van der Waals surface area contributed by atoms with Crippen LogP contribution >= 0.6 is 15.9 Å². The lowest BCUT2D eigenvalue weighted by Crippen LogP contribution is -2.00.